The number of nitrogens with zero attached hydrogens (tertiary/aromatic N) is 4. The van der Waals surface area contributed by atoms with Crippen molar-refractivity contribution in [2.45, 2.75) is 26.7 Å². The second-order valence-electron chi connectivity index (χ2n) is 7.10. The first-order valence-corrected chi connectivity index (χ1v) is 13.6. The summed E-state index contributed by atoms with van der Waals surface area (Å²) in [6, 6.07) is 12.0. The number of hydrogen-bond acceptors (Lipinski definition) is 6. The first-order chi connectivity index (χ1) is 16.6. The average Bonchev–Trinajstić information content (AvgIpc) is 3.63. The second kappa shape index (κ2) is 10.2. The van der Waals surface area contributed by atoms with Gasteiger partial charge in [0.25, 0.3) is 0 Å². The average molecular weight is 513 g/mol. The highest BCUT2D eigenvalue weighted by Gasteiger charge is 2.22. The van der Waals surface area contributed by atoms with E-state index in [1.807, 2.05) is 46.9 Å². The van der Waals surface area contributed by atoms with Crippen LogP contribution in [-0.2, 0) is 12.8 Å². The third-order valence-electron chi connectivity index (χ3n) is 5.15. The Morgan fingerprint density at radius 1 is 0.794 bits per heavy atom. The molecule has 4 aromatic heterocycles. The van der Waals surface area contributed by atoms with E-state index in [1.165, 1.54) is 35.2 Å². The van der Waals surface area contributed by atoms with Crippen molar-refractivity contribution in [3.63, 3.8) is 0 Å². The van der Waals surface area contributed by atoms with Crippen LogP contribution in [0.5, 0.6) is 0 Å². The Hall–Kier alpha value is -3.50. The van der Waals surface area contributed by atoms with E-state index in [4.69, 9.17) is 23.7 Å². The Balaban J connectivity index is 1.79. The maximum absolute atomic E-state index is 9.05. The van der Waals surface area contributed by atoms with Gasteiger partial charge in [-0.25, -0.2) is 0 Å². The van der Waals surface area contributed by atoms with Gasteiger partial charge in [-0.05, 0) is 54.3 Å². The summed E-state index contributed by atoms with van der Waals surface area (Å²) in [5.41, 5.74) is 2.79. The van der Waals surface area contributed by atoms with Crippen molar-refractivity contribution in [1.82, 2.24) is 0 Å². The highest BCUT2D eigenvalue weighted by atomic mass is 32.1. The lowest BCUT2D eigenvalue weighted by atomic mass is 10.1. The van der Waals surface area contributed by atoms with Gasteiger partial charge in [0, 0.05) is 44.7 Å². The van der Waals surface area contributed by atoms with Gasteiger partial charge in [-0.15, -0.1) is 45.3 Å². The quantitative estimate of drug-likeness (QED) is 0.191. The Morgan fingerprint density at radius 2 is 1.26 bits per heavy atom. The van der Waals surface area contributed by atoms with Gasteiger partial charge >= 0.3 is 5.82 Å². The standard InChI is InChI=1S/C26H16N4S4/c1-5-18-23(20-9-7-16(31-20)11-15(13-27)14-28)33-26-19(6-2)24(34-25(18)26)21-10-8-17(32-21)12-22(29-3)30-4/h7-12H,5-6H2,1-2H3. The molecule has 0 N–H and O–H groups in total. The third kappa shape index (κ3) is 4.34. The van der Waals surface area contributed by atoms with Crippen LogP contribution in [0.3, 0.4) is 0 Å². The van der Waals surface area contributed by atoms with Crippen molar-refractivity contribution in [3.05, 3.63) is 79.4 Å². The van der Waals surface area contributed by atoms with Gasteiger partial charge in [-0.3, -0.25) is 0 Å². The molecule has 0 aliphatic carbocycles. The molecule has 4 aromatic rings. The van der Waals surface area contributed by atoms with E-state index in [0.29, 0.717) is 0 Å². The van der Waals surface area contributed by atoms with Crippen LogP contribution in [0.4, 0.5) is 0 Å². The monoisotopic (exact) mass is 512 g/mol. The topological polar surface area (TPSA) is 56.3 Å². The molecular weight excluding hydrogens is 497 g/mol. The molecule has 0 bridgehead atoms. The van der Waals surface area contributed by atoms with Crippen molar-refractivity contribution in [1.29, 1.82) is 10.5 Å². The summed E-state index contributed by atoms with van der Waals surface area (Å²) < 4.78 is 2.64. The molecule has 0 saturated carbocycles. The van der Waals surface area contributed by atoms with Crippen molar-refractivity contribution in [3.8, 4) is 31.6 Å². The molecular formula is C26H16N4S4. The van der Waals surface area contributed by atoms with E-state index in [0.717, 1.165) is 27.5 Å². The highest BCUT2D eigenvalue weighted by Crippen LogP contribution is 2.51. The first kappa shape index (κ1) is 23.7. The maximum atomic E-state index is 9.05. The molecule has 34 heavy (non-hydrogen) atoms. The van der Waals surface area contributed by atoms with Gasteiger partial charge in [-0.2, -0.15) is 20.2 Å². The summed E-state index contributed by atoms with van der Waals surface area (Å²) in [5.74, 6) is 0.0796. The zero-order valence-electron chi connectivity index (χ0n) is 18.3. The largest absolute Gasteiger partial charge is 0.520 e. The molecule has 4 heterocycles. The van der Waals surface area contributed by atoms with E-state index in [2.05, 4.69) is 35.7 Å². The molecule has 0 spiro atoms. The second-order valence-corrected chi connectivity index (χ2v) is 11.4. The van der Waals surface area contributed by atoms with Crippen LogP contribution in [-0.4, -0.2) is 0 Å². The molecule has 0 atom stereocenters. The van der Waals surface area contributed by atoms with E-state index >= 15 is 0 Å². The molecule has 0 aliphatic rings. The Bertz CT molecular complexity index is 1470. The van der Waals surface area contributed by atoms with Gasteiger partial charge < -0.3 is 0 Å². The minimum atomic E-state index is 0.0796. The van der Waals surface area contributed by atoms with E-state index in [-0.39, 0.29) is 11.4 Å². The van der Waals surface area contributed by atoms with E-state index in [9.17, 15) is 0 Å². The van der Waals surface area contributed by atoms with Crippen LogP contribution in [0.15, 0.2) is 35.7 Å². The molecule has 4 rings (SSSR count). The summed E-state index contributed by atoms with van der Waals surface area (Å²) in [7, 11) is 0. The van der Waals surface area contributed by atoms with Crippen LogP contribution in [0.25, 0.3) is 50.8 Å². The fraction of sp³-hybridized carbons (Fsp3) is 0.154. The molecule has 0 saturated heterocycles. The highest BCUT2D eigenvalue weighted by molar-refractivity contribution is 7.34. The van der Waals surface area contributed by atoms with Gasteiger partial charge in [0.2, 0.25) is 0 Å². The van der Waals surface area contributed by atoms with E-state index < -0.39 is 0 Å². The number of aryl methyl sites for hydroxylation is 2. The fourth-order valence-corrected chi connectivity index (χ4v) is 8.98. The lowest BCUT2D eigenvalue weighted by Gasteiger charge is -2.00. The molecule has 0 fully saturated rings. The van der Waals surface area contributed by atoms with Crippen LogP contribution < -0.4 is 0 Å². The number of nitriles is 2. The normalized spacial score (nSPS) is 10.2. The molecule has 0 unspecified atom stereocenters. The molecule has 0 radical (unpaired) electrons. The lowest BCUT2D eigenvalue weighted by molar-refractivity contribution is 1.17. The maximum Gasteiger partial charge on any atom is 0.520 e. The van der Waals surface area contributed by atoms with Crippen LogP contribution in [0.2, 0.25) is 0 Å². The van der Waals surface area contributed by atoms with Gasteiger partial charge in [-0.1, -0.05) is 13.8 Å². The molecule has 0 aromatic carbocycles. The summed E-state index contributed by atoms with van der Waals surface area (Å²) >= 11 is 6.86. The third-order valence-corrected chi connectivity index (χ3v) is 10.3. The predicted octanol–water partition coefficient (Wildman–Crippen LogP) is 9.11. The minimum Gasteiger partial charge on any atom is -0.192 e. The molecule has 8 heteroatoms. The summed E-state index contributed by atoms with van der Waals surface area (Å²) in [6.45, 7) is 18.6. The number of thiophene rings is 4. The van der Waals surface area contributed by atoms with Crippen molar-refractivity contribution in [2.75, 3.05) is 0 Å². The van der Waals surface area contributed by atoms with Gasteiger partial charge in [0.1, 0.15) is 30.9 Å². The fourth-order valence-electron chi connectivity index (χ4n) is 3.62. The minimum absolute atomic E-state index is 0.0796. The molecule has 0 amide bonds. The first-order valence-electron chi connectivity index (χ1n) is 10.3. The Morgan fingerprint density at radius 3 is 1.68 bits per heavy atom. The van der Waals surface area contributed by atoms with Gasteiger partial charge in [0.05, 0.1) is 0 Å². The SMILES string of the molecule is [C-]#[N+]C(=Cc1ccc(-c2sc3c(CC)c(-c4ccc(C=C(C#N)C#N)s4)sc3c2CC)s1)[N+]#[C-]. The van der Waals surface area contributed by atoms with Gasteiger partial charge in [0.15, 0.2) is 0 Å². The summed E-state index contributed by atoms with van der Waals surface area (Å²) in [5, 5.41) is 18.1. The lowest BCUT2D eigenvalue weighted by Crippen LogP contribution is -1.77. The van der Waals surface area contributed by atoms with Crippen molar-refractivity contribution >= 4 is 66.9 Å². The Kier molecular flexibility index (Phi) is 7.09. The van der Waals surface area contributed by atoms with E-state index in [1.54, 1.807) is 34.8 Å². The number of hydrogen-bond donors (Lipinski definition) is 0. The number of allylic oxidation sites excluding steroid dienone is 1. The molecule has 4 nitrogen and oxygen atoms in total. The summed E-state index contributed by atoms with van der Waals surface area (Å²) in [6.07, 6.45) is 5.13. The van der Waals surface area contributed by atoms with Crippen LogP contribution in [0.1, 0.15) is 34.7 Å². The van der Waals surface area contributed by atoms with Crippen molar-refractivity contribution < 1.29 is 0 Å². The molecule has 164 valence electrons. The predicted molar refractivity (Wildman–Crippen MR) is 145 cm³/mol. The van der Waals surface area contributed by atoms with Crippen molar-refractivity contribution in [2.24, 2.45) is 0 Å². The zero-order chi connectivity index (χ0) is 24.2. The van der Waals surface area contributed by atoms with Crippen LogP contribution >= 0.6 is 45.3 Å². The van der Waals surface area contributed by atoms with Crippen LogP contribution in [0, 0.1) is 35.8 Å². The smallest absolute Gasteiger partial charge is 0.192 e. The zero-order valence-corrected chi connectivity index (χ0v) is 21.6. The number of rotatable bonds is 6. The Labute approximate surface area is 214 Å². The molecule has 0 aliphatic heterocycles. The number of fused-ring (bicyclic) bond motifs is 1. The summed E-state index contributed by atoms with van der Waals surface area (Å²) in [4.78, 5) is 13.2.